The van der Waals surface area contributed by atoms with E-state index in [-0.39, 0.29) is 5.75 Å². The van der Waals surface area contributed by atoms with E-state index in [9.17, 15) is 10.2 Å². The number of aromatic hydroxyl groups is 1. The van der Waals surface area contributed by atoms with E-state index in [2.05, 4.69) is 28.8 Å². The van der Waals surface area contributed by atoms with Gasteiger partial charge in [0.2, 0.25) is 0 Å². The molecule has 0 radical (unpaired) electrons. The standard InChI is InChI=1S/C24H20N2O2/c27-18(15-25-14-6-8-17-7-5-13-23(28)24(17)25)16-26-21-11-3-1-9-19(21)20-10-2-4-12-22(20)26/h1-14,18,27H,15-16H2/p+1/t18-/m0/s1. The van der Waals surface area contributed by atoms with Crippen molar-refractivity contribution in [3.05, 3.63) is 85.1 Å². The number of aromatic nitrogens is 2. The van der Waals surface area contributed by atoms with Gasteiger partial charge in [0, 0.05) is 27.9 Å². The van der Waals surface area contributed by atoms with Crippen LogP contribution in [0.15, 0.2) is 85.1 Å². The van der Waals surface area contributed by atoms with E-state index in [1.807, 2.05) is 59.3 Å². The molecule has 2 heterocycles. The molecule has 0 spiro atoms. The van der Waals surface area contributed by atoms with E-state index in [1.54, 1.807) is 6.07 Å². The van der Waals surface area contributed by atoms with Crippen molar-refractivity contribution in [3.8, 4) is 5.75 Å². The minimum Gasteiger partial charge on any atom is -0.502 e. The molecule has 0 aliphatic heterocycles. The highest BCUT2D eigenvalue weighted by Crippen LogP contribution is 2.29. The van der Waals surface area contributed by atoms with Gasteiger partial charge in [-0.05, 0) is 30.3 Å². The van der Waals surface area contributed by atoms with Crippen LogP contribution in [0.1, 0.15) is 0 Å². The van der Waals surface area contributed by atoms with Gasteiger partial charge in [0.25, 0.3) is 5.52 Å². The second-order valence-corrected chi connectivity index (χ2v) is 7.17. The largest absolute Gasteiger partial charge is 0.502 e. The summed E-state index contributed by atoms with van der Waals surface area (Å²) in [6.45, 7) is 0.876. The minimum atomic E-state index is -0.602. The molecule has 4 nitrogen and oxygen atoms in total. The lowest BCUT2D eigenvalue weighted by Gasteiger charge is -2.12. The number of para-hydroxylation sites is 3. The second kappa shape index (κ2) is 6.66. The molecule has 0 unspecified atom stereocenters. The maximum absolute atomic E-state index is 10.9. The highest BCUT2D eigenvalue weighted by atomic mass is 16.3. The summed E-state index contributed by atoms with van der Waals surface area (Å²) in [6.07, 6.45) is 1.30. The number of hydrogen-bond acceptors (Lipinski definition) is 2. The first-order valence-electron chi connectivity index (χ1n) is 9.46. The summed E-state index contributed by atoms with van der Waals surface area (Å²) in [7, 11) is 0. The molecule has 0 amide bonds. The maximum Gasteiger partial charge on any atom is 0.254 e. The van der Waals surface area contributed by atoms with Gasteiger partial charge in [-0.1, -0.05) is 42.5 Å². The number of pyridine rings is 1. The smallest absolute Gasteiger partial charge is 0.254 e. The molecule has 0 aliphatic carbocycles. The van der Waals surface area contributed by atoms with E-state index < -0.39 is 6.10 Å². The van der Waals surface area contributed by atoms with Crippen LogP contribution >= 0.6 is 0 Å². The molecular formula is C24H21N2O2+. The number of phenols is 1. The van der Waals surface area contributed by atoms with Gasteiger partial charge in [0.15, 0.2) is 18.5 Å². The summed E-state index contributed by atoms with van der Waals surface area (Å²) in [6, 6.07) is 26.0. The van der Waals surface area contributed by atoms with Gasteiger partial charge in [-0.2, -0.15) is 4.57 Å². The molecule has 1 atom stereocenters. The molecule has 4 heteroatoms. The van der Waals surface area contributed by atoms with Gasteiger partial charge in [-0.3, -0.25) is 0 Å². The molecule has 138 valence electrons. The number of aliphatic hydroxyl groups is 1. The van der Waals surface area contributed by atoms with Crippen molar-refractivity contribution in [1.82, 2.24) is 4.57 Å². The highest BCUT2D eigenvalue weighted by Gasteiger charge is 2.19. The van der Waals surface area contributed by atoms with Crippen molar-refractivity contribution in [2.24, 2.45) is 0 Å². The van der Waals surface area contributed by atoms with E-state index in [0.29, 0.717) is 13.1 Å². The zero-order valence-corrected chi connectivity index (χ0v) is 15.4. The van der Waals surface area contributed by atoms with Crippen molar-refractivity contribution in [2.75, 3.05) is 0 Å². The van der Waals surface area contributed by atoms with Gasteiger partial charge >= 0.3 is 0 Å². The van der Waals surface area contributed by atoms with Crippen LogP contribution < -0.4 is 4.57 Å². The highest BCUT2D eigenvalue weighted by molar-refractivity contribution is 6.07. The number of hydrogen-bond donors (Lipinski definition) is 2. The molecule has 0 aliphatic rings. The third-order valence-electron chi connectivity index (χ3n) is 5.36. The Balaban J connectivity index is 1.54. The van der Waals surface area contributed by atoms with Crippen LogP contribution in [0.2, 0.25) is 0 Å². The first kappa shape index (κ1) is 16.8. The SMILES string of the molecule is Oc1cccc2ccc[n+](C[C@H](O)Cn3c4ccccc4c4ccccc43)c12. The average molecular weight is 369 g/mol. The van der Waals surface area contributed by atoms with Crippen LogP contribution in [-0.2, 0) is 13.1 Å². The fourth-order valence-electron chi connectivity index (χ4n) is 4.17. The molecule has 2 aromatic heterocycles. The third kappa shape index (κ3) is 2.70. The van der Waals surface area contributed by atoms with Crippen molar-refractivity contribution in [1.29, 1.82) is 0 Å². The molecular weight excluding hydrogens is 348 g/mol. The van der Waals surface area contributed by atoms with E-state index >= 15 is 0 Å². The Kier molecular flexibility index (Phi) is 3.99. The van der Waals surface area contributed by atoms with Crippen LogP contribution in [0.4, 0.5) is 0 Å². The van der Waals surface area contributed by atoms with Crippen molar-refractivity contribution in [2.45, 2.75) is 19.2 Å². The summed E-state index contributed by atoms with van der Waals surface area (Å²) in [5, 5.41) is 24.6. The number of rotatable bonds is 4. The zero-order valence-electron chi connectivity index (χ0n) is 15.4. The van der Waals surface area contributed by atoms with Crippen LogP contribution in [-0.4, -0.2) is 20.9 Å². The maximum atomic E-state index is 10.9. The molecule has 0 bridgehead atoms. The minimum absolute atomic E-state index is 0.224. The number of aliphatic hydroxyl groups excluding tert-OH is 1. The van der Waals surface area contributed by atoms with Gasteiger partial charge in [0.05, 0.1) is 11.9 Å². The lowest BCUT2D eigenvalue weighted by molar-refractivity contribution is -0.679. The molecule has 5 aromatic rings. The monoisotopic (exact) mass is 369 g/mol. The van der Waals surface area contributed by atoms with Crippen LogP contribution in [0.5, 0.6) is 5.75 Å². The summed E-state index contributed by atoms with van der Waals surface area (Å²) >= 11 is 0. The summed E-state index contributed by atoms with van der Waals surface area (Å²) in [5.74, 6) is 0.224. The Morgan fingerprint density at radius 3 is 2.14 bits per heavy atom. The van der Waals surface area contributed by atoms with Crippen molar-refractivity contribution < 1.29 is 14.8 Å². The fourth-order valence-corrected chi connectivity index (χ4v) is 4.17. The topological polar surface area (TPSA) is 49.3 Å². The quantitative estimate of drug-likeness (QED) is 0.471. The first-order chi connectivity index (χ1) is 13.7. The molecule has 0 saturated heterocycles. The zero-order chi connectivity index (χ0) is 19.1. The fraction of sp³-hybridized carbons (Fsp3) is 0.125. The van der Waals surface area contributed by atoms with Gasteiger partial charge in [-0.25, -0.2) is 0 Å². The van der Waals surface area contributed by atoms with Crippen LogP contribution in [0.25, 0.3) is 32.7 Å². The van der Waals surface area contributed by atoms with Crippen molar-refractivity contribution >= 4 is 32.7 Å². The average Bonchev–Trinajstić information content (AvgIpc) is 3.02. The molecule has 0 saturated carbocycles. The predicted molar refractivity (Wildman–Crippen MR) is 111 cm³/mol. The molecule has 28 heavy (non-hydrogen) atoms. The van der Waals surface area contributed by atoms with Crippen LogP contribution in [0.3, 0.4) is 0 Å². The first-order valence-corrected chi connectivity index (χ1v) is 9.46. The Hall–Kier alpha value is -3.37. The Bertz CT molecular complexity index is 1250. The lowest BCUT2D eigenvalue weighted by Crippen LogP contribution is -2.41. The molecule has 3 aromatic carbocycles. The van der Waals surface area contributed by atoms with Gasteiger partial charge < -0.3 is 14.8 Å². The summed E-state index contributed by atoms with van der Waals surface area (Å²) < 4.78 is 4.10. The van der Waals surface area contributed by atoms with E-state index in [4.69, 9.17) is 0 Å². The molecule has 2 N–H and O–H groups in total. The summed E-state index contributed by atoms with van der Waals surface area (Å²) in [4.78, 5) is 0. The Morgan fingerprint density at radius 1 is 0.786 bits per heavy atom. The number of benzene rings is 3. The molecule has 0 fully saturated rings. The summed E-state index contributed by atoms with van der Waals surface area (Å²) in [5.41, 5.74) is 2.98. The number of nitrogens with zero attached hydrogens (tertiary/aromatic N) is 2. The van der Waals surface area contributed by atoms with Crippen molar-refractivity contribution in [3.63, 3.8) is 0 Å². The Labute approximate surface area is 162 Å². The lowest BCUT2D eigenvalue weighted by atomic mass is 10.2. The molecule has 5 rings (SSSR count). The Morgan fingerprint density at radius 2 is 1.43 bits per heavy atom. The number of fused-ring (bicyclic) bond motifs is 4. The third-order valence-corrected chi connectivity index (χ3v) is 5.36. The second-order valence-electron chi connectivity index (χ2n) is 7.17. The van der Waals surface area contributed by atoms with Gasteiger partial charge in [0.1, 0.15) is 6.10 Å². The van der Waals surface area contributed by atoms with E-state index in [0.717, 1.165) is 21.9 Å². The van der Waals surface area contributed by atoms with Gasteiger partial charge in [-0.15, -0.1) is 0 Å². The van der Waals surface area contributed by atoms with E-state index in [1.165, 1.54) is 10.8 Å². The number of phenolic OH excluding ortho intramolecular Hbond substituents is 1. The predicted octanol–water partition coefficient (Wildman–Crippen LogP) is 4.00. The van der Waals surface area contributed by atoms with Crippen LogP contribution in [0, 0.1) is 0 Å². The normalized spacial score (nSPS) is 12.8.